The Balaban J connectivity index is 3.43. The SMILES string of the molecule is C=CC(=O)OC(=O)NCCCCCCNC(=O)OC(=O)C=C. The van der Waals surface area contributed by atoms with E-state index in [2.05, 4.69) is 33.3 Å². The molecule has 0 spiro atoms. The molecule has 0 aliphatic carbocycles. The van der Waals surface area contributed by atoms with Crippen molar-refractivity contribution < 1.29 is 28.7 Å². The molecule has 0 saturated heterocycles. The Morgan fingerprint density at radius 1 is 0.727 bits per heavy atom. The van der Waals surface area contributed by atoms with Crippen LogP contribution in [-0.2, 0) is 19.1 Å². The van der Waals surface area contributed by atoms with E-state index in [0.717, 1.165) is 25.0 Å². The average Bonchev–Trinajstić information content (AvgIpc) is 2.49. The lowest BCUT2D eigenvalue weighted by Crippen LogP contribution is -2.27. The van der Waals surface area contributed by atoms with Crippen LogP contribution < -0.4 is 10.6 Å². The van der Waals surface area contributed by atoms with Crippen LogP contribution in [0.4, 0.5) is 9.59 Å². The van der Waals surface area contributed by atoms with Gasteiger partial charge in [-0.15, -0.1) is 0 Å². The van der Waals surface area contributed by atoms with E-state index in [1.54, 1.807) is 0 Å². The molecule has 0 radical (unpaired) electrons. The molecule has 8 heteroatoms. The Kier molecular flexibility index (Phi) is 10.7. The lowest BCUT2D eigenvalue weighted by molar-refractivity contribution is -0.132. The van der Waals surface area contributed by atoms with Crippen molar-refractivity contribution in [3.8, 4) is 0 Å². The number of unbranched alkanes of at least 4 members (excludes halogenated alkanes) is 3. The van der Waals surface area contributed by atoms with Crippen LogP contribution in [0.5, 0.6) is 0 Å². The number of carbonyl (C=O) groups is 4. The molecule has 0 unspecified atom stereocenters. The topological polar surface area (TPSA) is 111 Å². The van der Waals surface area contributed by atoms with Crippen LogP contribution in [0.15, 0.2) is 25.3 Å². The summed E-state index contributed by atoms with van der Waals surface area (Å²) in [6.45, 7) is 7.10. The Bertz CT molecular complexity index is 393. The summed E-state index contributed by atoms with van der Waals surface area (Å²) in [5, 5.41) is 4.84. The lowest BCUT2D eigenvalue weighted by Gasteiger charge is -2.05. The van der Waals surface area contributed by atoms with Crippen molar-refractivity contribution in [3.63, 3.8) is 0 Å². The van der Waals surface area contributed by atoms with Crippen molar-refractivity contribution in [2.75, 3.05) is 13.1 Å². The molecule has 8 nitrogen and oxygen atoms in total. The maximum absolute atomic E-state index is 11.0. The molecular weight excluding hydrogens is 292 g/mol. The molecule has 0 aromatic rings. The van der Waals surface area contributed by atoms with E-state index < -0.39 is 24.1 Å². The summed E-state index contributed by atoms with van der Waals surface area (Å²) in [6, 6.07) is 0. The number of amides is 2. The van der Waals surface area contributed by atoms with Crippen molar-refractivity contribution in [2.24, 2.45) is 0 Å². The molecule has 2 N–H and O–H groups in total. The molecule has 0 bridgehead atoms. The van der Waals surface area contributed by atoms with Crippen molar-refractivity contribution >= 4 is 24.1 Å². The summed E-state index contributed by atoms with van der Waals surface area (Å²) in [4.78, 5) is 43.5. The van der Waals surface area contributed by atoms with Crippen molar-refractivity contribution in [3.05, 3.63) is 25.3 Å². The number of rotatable bonds is 9. The molecule has 0 atom stereocenters. The second kappa shape index (κ2) is 12.1. The largest absolute Gasteiger partial charge is 0.415 e. The molecule has 2 amide bonds. The van der Waals surface area contributed by atoms with Crippen LogP contribution in [0.1, 0.15) is 25.7 Å². The van der Waals surface area contributed by atoms with Gasteiger partial charge in [0.25, 0.3) is 0 Å². The van der Waals surface area contributed by atoms with Crippen LogP contribution in [0, 0.1) is 0 Å². The Morgan fingerprint density at radius 2 is 1.09 bits per heavy atom. The molecule has 0 heterocycles. The van der Waals surface area contributed by atoms with E-state index in [1.807, 2.05) is 0 Å². The van der Waals surface area contributed by atoms with Crippen LogP contribution in [0.3, 0.4) is 0 Å². The predicted octanol–water partition coefficient (Wildman–Crippen LogP) is 1.42. The van der Waals surface area contributed by atoms with Gasteiger partial charge in [0.15, 0.2) is 0 Å². The van der Waals surface area contributed by atoms with Gasteiger partial charge in [0.2, 0.25) is 0 Å². The maximum Gasteiger partial charge on any atom is 0.415 e. The fourth-order valence-corrected chi connectivity index (χ4v) is 1.32. The second-order valence-electron chi connectivity index (χ2n) is 4.09. The van der Waals surface area contributed by atoms with Crippen LogP contribution in [0.2, 0.25) is 0 Å². The monoisotopic (exact) mass is 312 g/mol. The fourth-order valence-electron chi connectivity index (χ4n) is 1.32. The molecule has 0 aromatic heterocycles. The number of ether oxygens (including phenoxy) is 2. The summed E-state index contributed by atoms with van der Waals surface area (Å²) in [6.07, 6.45) is 3.24. The van der Waals surface area contributed by atoms with Crippen molar-refractivity contribution in [1.29, 1.82) is 0 Å². The minimum atomic E-state index is -0.804. The van der Waals surface area contributed by atoms with Crippen molar-refractivity contribution in [2.45, 2.75) is 25.7 Å². The molecule has 0 fully saturated rings. The molecule has 22 heavy (non-hydrogen) atoms. The van der Waals surface area contributed by atoms with E-state index in [4.69, 9.17) is 0 Å². The first-order valence-corrected chi connectivity index (χ1v) is 6.73. The maximum atomic E-state index is 11.0. The molecule has 0 aromatic carbocycles. The average molecular weight is 312 g/mol. The number of hydrogen-bond donors (Lipinski definition) is 2. The zero-order chi connectivity index (χ0) is 16.8. The highest BCUT2D eigenvalue weighted by Crippen LogP contribution is 1.98. The van der Waals surface area contributed by atoms with Gasteiger partial charge in [0, 0.05) is 25.2 Å². The highest BCUT2D eigenvalue weighted by Gasteiger charge is 2.06. The minimum absolute atomic E-state index is 0.382. The van der Waals surface area contributed by atoms with Gasteiger partial charge in [-0.05, 0) is 12.8 Å². The van der Waals surface area contributed by atoms with Gasteiger partial charge in [0.05, 0.1) is 0 Å². The number of hydrogen-bond acceptors (Lipinski definition) is 6. The first-order chi connectivity index (χ1) is 10.5. The molecule has 122 valence electrons. The summed E-state index contributed by atoms with van der Waals surface area (Å²) in [5.41, 5.74) is 0. The van der Waals surface area contributed by atoms with Crippen LogP contribution in [-0.4, -0.2) is 37.2 Å². The first kappa shape index (κ1) is 19.4. The van der Waals surface area contributed by atoms with E-state index in [-0.39, 0.29) is 0 Å². The first-order valence-electron chi connectivity index (χ1n) is 6.73. The Morgan fingerprint density at radius 3 is 1.41 bits per heavy atom. The van der Waals surface area contributed by atoms with Gasteiger partial charge in [-0.25, -0.2) is 19.2 Å². The summed E-state index contributed by atoms with van der Waals surface area (Å²) < 4.78 is 8.62. The number of carbonyl (C=O) groups excluding carboxylic acids is 4. The van der Waals surface area contributed by atoms with Gasteiger partial charge >= 0.3 is 24.1 Å². The van der Waals surface area contributed by atoms with Crippen molar-refractivity contribution in [1.82, 2.24) is 10.6 Å². The standard InChI is InChI=1S/C14H20N2O6/c1-3-11(17)21-13(19)15-9-7-5-6-8-10-16-14(20)22-12(18)4-2/h3-4H,1-2,5-10H2,(H,15,19)(H,16,20). The zero-order valence-electron chi connectivity index (χ0n) is 12.3. The fraction of sp³-hybridized carbons (Fsp3) is 0.429. The number of alkyl carbamates (subject to hydrolysis) is 2. The molecule has 0 aliphatic rings. The van der Waals surface area contributed by atoms with E-state index >= 15 is 0 Å². The lowest BCUT2D eigenvalue weighted by atomic mass is 10.2. The zero-order valence-corrected chi connectivity index (χ0v) is 12.3. The Hall–Kier alpha value is -2.64. The molecular formula is C14H20N2O6. The smallest absolute Gasteiger partial charge is 0.373 e. The summed E-state index contributed by atoms with van der Waals surface area (Å²) in [7, 11) is 0. The van der Waals surface area contributed by atoms with E-state index in [0.29, 0.717) is 25.9 Å². The van der Waals surface area contributed by atoms with Gasteiger partial charge in [-0.3, -0.25) is 0 Å². The minimum Gasteiger partial charge on any atom is -0.373 e. The van der Waals surface area contributed by atoms with Gasteiger partial charge in [-0.1, -0.05) is 26.0 Å². The number of nitrogens with one attached hydrogen (secondary N) is 2. The third-order valence-corrected chi connectivity index (χ3v) is 2.36. The number of esters is 2. The molecule has 0 aliphatic heterocycles. The van der Waals surface area contributed by atoms with Gasteiger partial charge in [-0.2, -0.15) is 0 Å². The van der Waals surface area contributed by atoms with Gasteiger partial charge < -0.3 is 20.1 Å². The Labute approximate surface area is 128 Å². The van der Waals surface area contributed by atoms with Crippen LogP contribution >= 0.6 is 0 Å². The molecule has 0 saturated carbocycles. The highest BCUT2D eigenvalue weighted by atomic mass is 16.6. The predicted molar refractivity (Wildman–Crippen MR) is 77.8 cm³/mol. The quantitative estimate of drug-likeness (QED) is 0.288. The van der Waals surface area contributed by atoms with Crippen LogP contribution in [0.25, 0.3) is 0 Å². The normalized spacial score (nSPS) is 9.27. The third kappa shape index (κ3) is 11.2. The molecule has 0 rings (SSSR count). The highest BCUT2D eigenvalue weighted by molar-refractivity contribution is 5.91. The summed E-state index contributed by atoms with van der Waals surface area (Å²) in [5.74, 6) is -1.60. The van der Waals surface area contributed by atoms with E-state index in [9.17, 15) is 19.2 Å². The van der Waals surface area contributed by atoms with Gasteiger partial charge in [0.1, 0.15) is 0 Å². The third-order valence-electron chi connectivity index (χ3n) is 2.36. The summed E-state index contributed by atoms with van der Waals surface area (Å²) >= 11 is 0. The second-order valence-corrected chi connectivity index (χ2v) is 4.09. The van der Waals surface area contributed by atoms with E-state index in [1.165, 1.54) is 0 Å².